The molecule has 0 unspecified atom stereocenters. The molecule has 0 saturated carbocycles. The molecule has 3 N–H and O–H groups in total. The molecule has 2 amide bonds. The molecule has 28 heavy (non-hydrogen) atoms. The molecule has 3 aromatic rings. The predicted molar refractivity (Wildman–Crippen MR) is 110 cm³/mol. The SMILES string of the molecule is CCNC(=O)c1sc(NC(=O)c2cc3cc(Br)ccc3oc2=N)c(C#N)c1C. The quantitative estimate of drug-likeness (QED) is 0.548. The molecule has 0 atom stereocenters. The predicted octanol–water partition coefficient (Wildman–Crippen LogP) is 3.92. The maximum Gasteiger partial charge on any atom is 0.261 e. The number of hydrogen-bond acceptors (Lipinski definition) is 6. The minimum atomic E-state index is -0.587. The molecule has 0 bridgehead atoms. The van der Waals surface area contributed by atoms with Crippen LogP contribution in [-0.4, -0.2) is 18.4 Å². The van der Waals surface area contributed by atoms with Crippen molar-refractivity contribution >= 4 is 55.1 Å². The number of nitriles is 1. The number of fused-ring (bicyclic) bond motifs is 1. The van der Waals surface area contributed by atoms with Gasteiger partial charge in [0.1, 0.15) is 22.2 Å². The molecule has 3 rings (SSSR count). The van der Waals surface area contributed by atoms with Crippen molar-refractivity contribution < 1.29 is 14.0 Å². The van der Waals surface area contributed by atoms with E-state index in [0.29, 0.717) is 28.0 Å². The van der Waals surface area contributed by atoms with Crippen LogP contribution < -0.4 is 16.2 Å². The first-order valence-electron chi connectivity index (χ1n) is 8.26. The van der Waals surface area contributed by atoms with Crippen molar-refractivity contribution in [1.82, 2.24) is 5.32 Å². The normalized spacial score (nSPS) is 10.5. The van der Waals surface area contributed by atoms with Gasteiger partial charge in [-0.2, -0.15) is 5.26 Å². The van der Waals surface area contributed by atoms with Crippen molar-refractivity contribution in [2.75, 3.05) is 11.9 Å². The Morgan fingerprint density at radius 2 is 2.07 bits per heavy atom. The molecule has 142 valence electrons. The molecule has 0 radical (unpaired) electrons. The average Bonchev–Trinajstić information content (AvgIpc) is 2.96. The van der Waals surface area contributed by atoms with Gasteiger partial charge >= 0.3 is 0 Å². The van der Waals surface area contributed by atoms with Crippen LogP contribution in [0, 0.1) is 23.7 Å². The van der Waals surface area contributed by atoms with Gasteiger partial charge in [-0.25, -0.2) is 0 Å². The maximum atomic E-state index is 12.7. The first-order chi connectivity index (χ1) is 13.3. The van der Waals surface area contributed by atoms with Crippen molar-refractivity contribution in [3.63, 3.8) is 0 Å². The molecular weight excluding hydrogens is 444 g/mol. The number of rotatable bonds is 4. The summed E-state index contributed by atoms with van der Waals surface area (Å²) in [6.07, 6.45) is 0. The van der Waals surface area contributed by atoms with E-state index in [4.69, 9.17) is 9.83 Å². The largest absolute Gasteiger partial charge is 0.438 e. The van der Waals surface area contributed by atoms with Crippen molar-refractivity contribution in [1.29, 1.82) is 10.7 Å². The van der Waals surface area contributed by atoms with Crippen LogP contribution in [0.3, 0.4) is 0 Å². The maximum absolute atomic E-state index is 12.7. The van der Waals surface area contributed by atoms with Gasteiger partial charge in [-0.05, 0) is 43.7 Å². The second-order valence-corrected chi connectivity index (χ2v) is 7.79. The van der Waals surface area contributed by atoms with E-state index in [1.54, 1.807) is 38.1 Å². The topological polar surface area (TPSA) is 119 Å². The number of anilines is 1. The molecule has 0 fully saturated rings. The van der Waals surface area contributed by atoms with Crippen LogP contribution in [0.5, 0.6) is 0 Å². The number of hydrogen-bond donors (Lipinski definition) is 3. The van der Waals surface area contributed by atoms with Gasteiger partial charge in [-0.1, -0.05) is 15.9 Å². The molecular formula is C19H15BrN4O3S. The van der Waals surface area contributed by atoms with E-state index >= 15 is 0 Å². The highest BCUT2D eigenvalue weighted by atomic mass is 79.9. The zero-order valence-electron chi connectivity index (χ0n) is 15.0. The molecule has 0 aliphatic heterocycles. The number of carbonyl (C=O) groups is 2. The number of thiophene rings is 1. The van der Waals surface area contributed by atoms with Crippen LogP contribution >= 0.6 is 27.3 Å². The summed E-state index contributed by atoms with van der Waals surface area (Å²) in [5.74, 6) is -0.885. The standard InChI is InChI=1S/C19H15BrN4O3S/c1-3-23-18(26)15-9(2)13(8-21)19(28-15)24-17(25)12-7-10-6-11(20)4-5-14(10)27-16(12)22/h4-7,22H,3H2,1-2H3,(H,23,26)(H,24,25). The zero-order valence-corrected chi connectivity index (χ0v) is 17.4. The Morgan fingerprint density at radius 3 is 2.75 bits per heavy atom. The number of amides is 2. The van der Waals surface area contributed by atoms with Gasteiger partial charge in [-0.15, -0.1) is 11.3 Å². The highest BCUT2D eigenvalue weighted by Crippen LogP contribution is 2.32. The summed E-state index contributed by atoms with van der Waals surface area (Å²) in [6.45, 7) is 3.91. The van der Waals surface area contributed by atoms with E-state index in [1.807, 2.05) is 6.07 Å². The van der Waals surface area contributed by atoms with Crippen LogP contribution in [0.1, 0.15) is 38.1 Å². The van der Waals surface area contributed by atoms with E-state index in [-0.39, 0.29) is 27.6 Å². The van der Waals surface area contributed by atoms with Crippen molar-refractivity contribution in [3.05, 3.63) is 55.9 Å². The van der Waals surface area contributed by atoms with E-state index in [2.05, 4.69) is 26.6 Å². The van der Waals surface area contributed by atoms with Gasteiger partial charge in [-0.3, -0.25) is 15.0 Å². The van der Waals surface area contributed by atoms with Gasteiger partial charge in [0.15, 0.2) is 0 Å². The van der Waals surface area contributed by atoms with Gasteiger partial charge < -0.3 is 15.1 Å². The van der Waals surface area contributed by atoms with Crippen LogP contribution in [-0.2, 0) is 0 Å². The van der Waals surface area contributed by atoms with Crippen molar-refractivity contribution in [2.45, 2.75) is 13.8 Å². The molecule has 0 aliphatic rings. The van der Waals surface area contributed by atoms with Crippen molar-refractivity contribution in [2.24, 2.45) is 0 Å². The zero-order chi connectivity index (χ0) is 20.4. The summed E-state index contributed by atoms with van der Waals surface area (Å²) in [4.78, 5) is 25.3. The summed E-state index contributed by atoms with van der Waals surface area (Å²) in [5, 5.41) is 23.7. The summed E-state index contributed by atoms with van der Waals surface area (Å²) >= 11 is 4.39. The van der Waals surface area contributed by atoms with Crippen LogP contribution in [0.25, 0.3) is 11.0 Å². The minimum Gasteiger partial charge on any atom is -0.438 e. The van der Waals surface area contributed by atoms with Gasteiger partial charge in [0.2, 0.25) is 5.55 Å². The number of nitrogens with one attached hydrogen (secondary N) is 3. The molecule has 9 heteroatoms. The highest BCUT2D eigenvalue weighted by molar-refractivity contribution is 9.10. The molecule has 0 saturated heterocycles. The molecule has 1 aromatic carbocycles. The lowest BCUT2D eigenvalue weighted by molar-refractivity contribution is 0.0958. The Bertz CT molecular complexity index is 1210. The van der Waals surface area contributed by atoms with Gasteiger partial charge in [0, 0.05) is 16.4 Å². The molecule has 2 aromatic heterocycles. The first kappa shape index (κ1) is 19.8. The third-order valence-corrected chi connectivity index (χ3v) is 5.70. The molecule has 7 nitrogen and oxygen atoms in total. The third-order valence-electron chi connectivity index (χ3n) is 4.00. The summed E-state index contributed by atoms with van der Waals surface area (Å²) in [5.41, 5.74) is 0.953. The number of nitrogens with zero attached hydrogens (tertiary/aromatic N) is 1. The van der Waals surface area contributed by atoms with E-state index < -0.39 is 5.91 Å². The molecule has 0 aliphatic carbocycles. The Kier molecular flexibility index (Phi) is 5.63. The lowest BCUT2D eigenvalue weighted by Gasteiger charge is -2.05. The molecule has 2 heterocycles. The van der Waals surface area contributed by atoms with E-state index in [9.17, 15) is 14.9 Å². The van der Waals surface area contributed by atoms with Crippen LogP contribution in [0.4, 0.5) is 5.00 Å². The molecule has 0 spiro atoms. The fraction of sp³-hybridized carbons (Fsp3) is 0.158. The van der Waals surface area contributed by atoms with E-state index in [0.717, 1.165) is 15.8 Å². The Hall–Kier alpha value is -2.96. The Balaban J connectivity index is 1.99. The first-order valence-corrected chi connectivity index (χ1v) is 9.87. The fourth-order valence-corrected chi connectivity index (χ4v) is 4.09. The third kappa shape index (κ3) is 3.69. The summed E-state index contributed by atoms with van der Waals surface area (Å²) in [6, 6.07) is 8.84. The monoisotopic (exact) mass is 458 g/mol. The van der Waals surface area contributed by atoms with Crippen LogP contribution in [0.2, 0.25) is 0 Å². The van der Waals surface area contributed by atoms with E-state index in [1.165, 1.54) is 0 Å². The smallest absolute Gasteiger partial charge is 0.261 e. The second kappa shape index (κ2) is 7.96. The second-order valence-electron chi connectivity index (χ2n) is 5.86. The minimum absolute atomic E-state index is 0.0279. The highest BCUT2D eigenvalue weighted by Gasteiger charge is 2.22. The average molecular weight is 459 g/mol. The number of benzene rings is 1. The summed E-state index contributed by atoms with van der Waals surface area (Å²) in [7, 11) is 0. The lowest BCUT2D eigenvalue weighted by atomic mass is 10.1. The van der Waals surface area contributed by atoms with Gasteiger partial charge in [0.25, 0.3) is 11.8 Å². The number of halogens is 1. The van der Waals surface area contributed by atoms with Gasteiger partial charge in [0.05, 0.1) is 10.4 Å². The van der Waals surface area contributed by atoms with Crippen molar-refractivity contribution in [3.8, 4) is 6.07 Å². The van der Waals surface area contributed by atoms with Crippen LogP contribution in [0.15, 0.2) is 33.2 Å². The summed E-state index contributed by atoms with van der Waals surface area (Å²) < 4.78 is 6.23. The lowest BCUT2D eigenvalue weighted by Crippen LogP contribution is -2.22. The Morgan fingerprint density at radius 1 is 1.32 bits per heavy atom. The Labute approximate surface area is 172 Å². The number of carbonyl (C=O) groups excluding carboxylic acids is 2. The fourth-order valence-electron chi connectivity index (χ4n) is 2.64.